The van der Waals surface area contributed by atoms with Gasteiger partial charge in [0.15, 0.2) is 5.65 Å². The average molecular weight is 600 g/mol. The minimum Gasteiger partial charge on any atom is -0.489 e. The van der Waals surface area contributed by atoms with E-state index < -0.39 is 5.97 Å². The number of benzene rings is 4. The summed E-state index contributed by atoms with van der Waals surface area (Å²) >= 11 is 6.08. The van der Waals surface area contributed by atoms with Crippen LogP contribution in [0.5, 0.6) is 5.75 Å². The summed E-state index contributed by atoms with van der Waals surface area (Å²) in [6.45, 7) is 0.174. The molecule has 0 saturated heterocycles. The second-order valence-corrected chi connectivity index (χ2v) is 10.3. The third-order valence-corrected chi connectivity index (χ3v) is 7.48. The monoisotopic (exact) mass is 599 g/mol. The molecule has 214 valence electrons. The van der Waals surface area contributed by atoms with Crippen molar-refractivity contribution in [1.82, 2.24) is 35.2 Å². The average Bonchev–Trinajstić information content (AvgIpc) is 3.75. The minimum atomic E-state index is -1.00. The van der Waals surface area contributed by atoms with Gasteiger partial charge in [0.05, 0.1) is 23.0 Å². The van der Waals surface area contributed by atoms with E-state index in [1.54, 1.807) is 41.0 Å². The lowest BCUT2D eigenvalue weighted by molar-refractivity contribution is 0.0696. The SMILES string of the molecule is O=C(O)c1ccc(-c2ccc(Cl)cc2)c(COc2ccc(-c3cnc4c(-c5nn[nH]n5)cnn4c3-c3ccccc3)cc2)c1. The van der Waals surface area contributed by atoms with Crippen LogP contribution in [0.4, 0.5) is 0 Å². The lowest BCUT2D eigenvalue weighted by Gasteiger charge is -2.14. The number of H-pyrrole nitrogens is 1. The summed E-state index contributed by atoms with van der Waals surface area (Å²) in [5.74, 6) is 0.0406. The van der Waals surface area contributed by atoms with E-state index in [2.05, 4.69) is 25.7 Å². The number of hydrogen-bond donors (Lipinski definition) is 2. The number of hydrogen-bond acceptors (Lipinski definition) is 7. The van der Waals surface area contributed by atoms with Gasteiger partial charge in [-0.05, 0) is 63.9 Å². The van der Waals surface area contributed by atoms with Crippen LogP contribution in [0.2, 0.25) is 5.02 Å². The van der Waals surface area contributed by atoms with E-state index in [0.717, 1.165) is 39.1 Å². The number of tetrazole rings is 1. The first-order chi connectivity index (χ1) is 21.5. The Morgan fingerprint density at radius 2 is 1.59 bits per heavy atom. The zero-order valence-electron chi connectivity index (χ0n) is 22.9. The Morgan fingerprint density at radius 3 is 2.32 bits per heavy atom. The van der Waals surface area contributed by atoms with E-state index in [4.69, 9.17) is 21.3 Å². The smallest absolute Gasteiger partial charge is 0.335 e. The van der Waals surface area contributed by atoms with Gasteiger partial charge in [-0.25, -0.2) is 14.3 Å². The third kappa shape index (κ3) is 5.14. The lowest BCUT2D eigenvalue weighted by atomic mass is 9.98. The molecule has 0 amide bonds. The molecule has 0 aliphatic rings. The van der Waals surface area contributed by atoms with E-state index in [1.807, 2.05) is 72.9 Å². The molecule has 0 atom stereocenters. The van der Waals surface area contributed by atoms with Gasteiger partial charge < -0.3 is 9.84 Å². The number of nitrogens with zero attached hydrogens (tertiary/aromatic N) is 6. The van der Waals surface area contributed by atoms with Crippen LogP contribution >= 0.6 is 11.6 Å². The third-order valence-electron chi connectivity index (χ3n) is 7.23. The molecule has 0 aliphatic heterocycles. The maximum atomic E-state index is 11.7. The Hall–Kier alpha value is -5.87. The van der Waals surface area contributed by atoms with Crippen LogP contribution in [0.25, 0.3) is 50.5 Å². The molecule has 10 nitrogen and oxygen atoms in total. The van der Waals surface area contributed by atoms with E-state index in [0.29, 0.717) is 27.8 Å². The summed E-state index contributed by atoms with van der Waals surface area (Å²) in [5.41, 5.74) is 7.59. The van der Waals surface area contributed by atoms with E-state index in [9.17, 15) is 9.90 Å². The van der Waals surface area contributed by atoms with Crippen molar-refractivity contribution >= 4 is 23.2 Å². The fraction of sp³-hybridized carbons (Fsp3) is 0.0303. The van der Waals surface area contributed by atoms with E-state index in [1.165, 1.54) is 0 Å². The number of carboxylic acid groups (broad SMARTS) is 1. The molecule has 7 aromatic rings. The van der Waals surface area contributed by atoms with Crippen LogP contribution < -0.4 is 4.74 Å². The summed E-state index contributed by atoms with van der Waals surface area (Å²) < 4.78 is 7.94. The molecule has 0 bridgehead atoms. The van der Waals surface area contributed by atoms with Crippen molar-refractivity contribution in [2.24, 2.45) is 0 Å². The molecule has 7 rings (SSSR count). The summed E-state index contributed by atoms with van der Waals surface area (Å²) in [4.78, 5) is 16.4. The fourth-order valence-corrected chi connectivity index (χ4v) is 5.22. The highest BCUT2D eigenvalue weighted by Gasteiger charge is 2.19. The van der Waals surface area contributed by atoms with Gasteiger partial charge in [0.1, 0.15) is 12.4 Å². The van der Waals surface area contributed by atoms with Crippen molar-refractivity contribution in [3.8, 4) is 50.6 Å². The van der Waals surface area contributed by atoms with Gasteiger partial charge in [0.2, 0.25) is 5.82 Å². The number of rotatable bonds is 8. The van der Waals surface area contributed by atoms with E-state index in [-0.39, 0.29) is 12.2 Å². The second-order valence-electron chi connectivity index (χ2n) is 9.91. The van der Waals surface area contributed by atoms with Gasteiger partial charge in [-0.3, -0.25) is 0 Å². The van der Waals surface area contributed by atoms with Crippen molar-refractivity contribution < 1.29 is 14.6 Å². The van der Waals surface area contributed by atoms with Gasteiger partial charge >= 0.3 is 5.97 Å². The van der Waals surface area contributed by atoms with Gasteiger partial charge in [-0.1, -0.05) is 72.3 Å². The molecular formula is C33H22ClN7O3. The summed E-state index contributed by atoms with van der Waals surface area (Å²) in [6, 6.07) is 30.1. The highest BCUT2D eigenvalue weighted by molar-refractivity contribution is 6.30. The molecule has 4 aromatic carbocycles. The van der Waals surface area contributed by atoms with Gasteiger partial charge in [0.25, 0.3) is 0 Å². The zero-order valence-corrected chi connectivity index (χ0v) is 23.7. The number of halogens is 1. The fourth-order valence-electron chi connectivity index (χ4n) is 5.10. The molecule has 3 aromatic heterocycles. The normalized spacial score (nSPS) is 11.1. The molecular weight excluding hydrogens is 578 g/mol. The maximum Gasteiger partial charge on any atom is 0.335 e. The van der Waals surface area contributed by atoms with Crippen LogP contribution in [0.15, 0.2) is 109 Å². The van der Waals surface area contributed by atoms with Crippen LogP contribution in [0.1, 0.15) is 15.9 Å². The number of aromatic nitrogens is 7. The molecule has 44 heavy (non-hydrogen) atoms. The number of aromatic amines is 1. The van der Waals surface area contributed by atoms with Crippen LogP contribution in [-0.4, -0.2) is 46.3 Å². The zero-order chi connectivity index (χ0) is 30.0. The number of carboxylic acids is 1. The number of fused-ring (bicyclic) bond motifs is 1. The topological polar surface area (TPSA) is 131 Å². The van der Waals surface area contributed by atoms with Crippen molar-refractivity contribution in [2.45, 2.75) is 6.61 Å². The van der Waals surface area contributed by atoms with Crippen LogP contribution in [-0.2, 0) is 6.61 Å². The van der Waals surface area contributed by atoms with Crippen LogP contribution in [0.3, 0.4) is 0 Å². The largest absolute Gasteiger partial charge is 0.489 e. The Labute approximate surface area is 255 Å². The van der Waals surface area contributed by atoms with E-state index >= 15 is 0 Å². The Bertz CT molecular complexity index is 2100. The molecule has 0 spiro atoms. The molecule has 0 fully saturated rings. The molecule has 0 unspecified atom stereocenters. The minimum absolute atomic E-state index is 0.174. The standard InChI is InChI=1S/C33H22ClN7O3/c34-25-11-6-20(7-12-25)27-15-10-23(33(42)43)16-24(27)19-44-26-13-8-21(9-14-26)28-17-35-32-29(31-37-39-40-38-31)18-36-41(32)30(28)22-4-2-1-3-5-22/h1-18H,19H2,(H,42,43)(H,37,38,39,40). The van der Waals surface area contributed by atoms with Gasteiger partial charge in [0, 0.05) is 22.3 Å². The highest BCUT2D eigenvalue weighted by Crippen LogP contribution is 2.35. The number of carbonyl (C=O) groups is 1. The number of nitrogens with one attached hydrogen (secondary N) is 1. The first kappa shape index (κ1) is 27.0. The van der Waals surface area contributed by atoms with Crippen molar-refractivity contribution in [1.29, 1.82) is 0 Å². The Kier molecular flexibility index (Phi) is 7.01. The molecule has 0 radical (unpaired) electrons. The second kappa shape index (κ2) is 11.4. The molecule has 0 aliphatic carbocycles. The highest BCUT2D eigenvalue weighted by atomic mass is 35.5. The molecule has 11 heteroatoms. The summed E-state index contributed by atoms with van der Waals surface area (Å²) in [6.07, 6.45) is 3.49. The van der Waals surface area contributed by atoms with Gasteiger partial charge in [-0.15, -0.1) is 10.2 Å². The number of ether oxygens (including phenoxy) is 1. The van der Waals surface area contributed by atoms with Crippen LogP contribution in [0, 0.1) is 0 Å². The quantitative estimate of drug-likeness (QED) is 0.194. The predicted octanol–water partition coefficient (Wildman–Crippen LogP) is 6.84. The van der Waals surface area contributed by atoms with Gasteiger partial charge in [-0.2, -0.15) is 10.3 Å². The lowest BCUT2D eigenvalue weighted by Crippen LogP contribution is -2.03. The molecule has 3 heterocycles. The number of aromatic carboxylic acids is 1. The maximum absolute atomic E-state index is 11.7. The summed E-state index contributed by atoms with van der Waals surface area (Å²) in [5, 5.41) is 29.2. The predicted molar refractivity (Wildman–Crippen MR) is 165 cm³/mol. The Morgan fingerprint density at radius 1 is 0.841 bits per heavy atom. The van der Waals surface area contributed by atoms with Crippen molar-refractivity contribution in [3.63, 3.8) is 0 Å². The van der Waals surface area contributed by atoms with Crippen molar-refractivity contribution in [2.75, 3.05) is 0 Å². The van der Waals surface area contributed by atoms with Crippen molar-refractivity contribution in [3.05, 3.63) is 126 Å². The first-order valence-electron chi connectivity index (χ1n) is 13.6. The molecule has 2 N–H and O–H groups in total. The Balaban J connectivity index is 1.21. The summed E-state index contributed by atoms with van der Waals surface area (Å²) in [7, 11) is 0. The molecule has 0 saturated carbocycles. The first-order valence-corrected chi connectivity index (χ1v) is 13.9.